The Morgan fingerprint density at radius 1 is 1.15 bits per heavy atom. The van der Waals surface area contributed by atoms with Gasteiger partial charge in [-0.1, -0.05) is 26.0 Å². The quantitative estimate of drug-likeness (QED) is 0.549. The molecule has 0 N–H and O–H groups in total. The van der Waals surface area contributed by atoms with Crippen LogP contribution in [-0.2, 0) is 9.31 Å². The minimum absolute atomic E-state index is 0.105. The Labute approximate surface area is 134 Å². The second-order valence-electron chi connectivity index (χ2n) is 7.35. The van der Waals surface area contributed by atoms with Crippen LogP contribution in [-0.4, -0.2) is 18.8 Å². The Balaban J connectivity index is 1.62. The van der Waals surface area contributed by atoms with E-state index in [0.29, 0.717) is 11.3 Å². The summed E-state index contributed by atoms with van der Waals surface area (Å²) in [6, 6.07) is 8.50. The lowest BCUT2D eigenvalue weighted by molar-refractivity contribution is -0.199. The Morgan fingerprint density at radius 3 is 2.50 bits per heavy atom. The summed E-state index contributed by atoms with van der Waals surface area (Å²) in [4.78, 5) is 0. The maximum atomic E-state index is 6.44. The fraction of sp³-hybridized carbons (Fsp3) is 0.625. The van der Waals surface area contributed by atoms with Crippen LogP contribution in [0.4, 0.5) is 0 Å². The van der Waals surface area contributed by atoms with Crippen LogP contribution in [0.3, 0.4) is 0 Å². The van der Waals surface area contributed by atoms with Crippen molar-refractivity contribution in [2.24, 2.45) is 17.3 Å². The number of benzene rings is 1. The van der Waals surface area contributed by atoms with E-state index in [2.05, 4.69) is 67.6 Å². The molecule has 4 fully saturated rings. The zero-order chi connectivity index (χ0) is 14.1. The molecule has 0 radical (unpaired) electrons. The molecule has 2 nitrogen and oxygen atoms in total. The Morgan fingerprint density at radius 2 is 1.85 bits per heavy atom. The van der Waals surface area contributed by atoms with E-state index in [1.807, 2.05) is 0 Å². The number of halogens is 1. The van der Waals surface area contributed by atoms with Crippen LogP contribution >= 0.6 is 22.6 Å². The zero-order valence-corrected chi connectivity index (χ0v) is 14.4. The molecule has 4 aliphatic rings. The summed E-state index contributed by atoms with van der Waals surface area (Å²) < 4.78 is 14.0. The molecule has 1 aromatic rings. The molecule has 4 heteroatoms. The first-order chi connectivity index (χ1) is 9.41. The molecule has 2 bridgehead atoms. The molecule has 5 rings (SSSR count). The molecule has 1 heterocycles. The number of rotatable bonds is 1. The third-order valence-electron chi connectivity index (χ3n) is 6.09. The number of hydrogen-bond acceptors (Lipinski definition) is 2. The van der Waals surface area contributed by atoms with Gasteiger partial charge in [0.15, 0.2) is 0 Å². The number of hydrogen-bond donors (Lipinski definition) is 0. The van der Waals surface area contributed by atoms with Crippen molar-refractivity contribution in [3.05, 3.63) is 27.8 Å². The van der Waals surface area contributed by atoms with Crippen molar-refractivity contribution in [2.75, 3.05) is 0 Å². The molecule has 3 aliphatic carbocycles. The van der Waals surface area contributed by atoms with Gasteiger partial charge in [-0.25, -0.2) is 0 Å². The van der Waals surface area contributed by atoms with Crippen LogP contribution in [0.25, 0.3) is 0 Å². The predicted molar refractivity (Wildman–Crippen MR) is 88.9 cm³/mol. The average Bonchev–Trinajstić information content (AvgIpc) is 2.76. The minimum atomic E-state index is -0.183. The Bertz CT molecular complexity index is 544. The fourth-order valence-electron chi connectivity index (χ4n) is 4.63. The van der Waals surface area contributed by atoms with E-state index in [1.165, 1.54) is 9.99 Å². The Hall–Kier alpha value is -0.0651. The highest BCUT2D eigenvalue weighted by Crippen LogP contribution is 2.65. The molecule has 0 aromatic heterocycles. The van der Waals surface area contributed by atoms with Gasteiger partial charge in [-0.05, 0) is 77.2 Å². The van der Waals surface area contributed by atoms with Crippen LogP contribution < -0.4 is 5.46 Å². The van der Waals surface area contributed by atoms with Crippen LogP contribution in [0.2, 0.25) is 0 Å². The van der Waals surface area contributed by atoms with E-state index in [-0.39, 0.29) is 18.8 Å². The molecule has 3 saturated carbocycles. The van der Waals surface area contributed by atoms with Gasteiger partial charge in [-0.2, -0.15) is 0 Å². The first kappa shape index (κ1) is 13.6. The molecule has 1 aliphatic heterocycles. The van der Waals surface area contributed by atoms with Crippen LogP contribution in [0, 0.1) is 20.8 Å². The maximum Gasteiger partial charge on any atom is 0.494 e. The van der Waals surface area contributed by atoms with Crippen LogP contribution in [0.1, 0.15) is 33.6 Å². The summed E-state index contributed by atoms with van der Waals surface area (Å²) in [5.41, 5.74) is 1.46. The van der Waals surface area contributed by atoms with Gasteiger partial charge in [0, 0.05) is 3.57 Å². The van der Waals surface area contributed by atoms with Gasteiger partial charge in [0.25, 0.3) is 0 Å². The van der Waals surface area contributed by atoms with E-state index >= 15 is 0 Å². The van der Waals surface area contributed by atoms with E-state index in [0.717, 1.165) is 17.8 Å². The zero-order valence-electron chi connectivity index (χ0n) is 12.2. The van der Waals surface area contributed by atoms with Gasteiger partial charge in [0.05, 0.1) is 11.7 Å². The van der Waals surface area contributed by atoms with E-state index in [4.69, 9.17) is 9.31 Å². The largest absolute Gasteiger partial charge is 0.494 e. The molecule has 106 valence electrons. The average molecular weight is 382 g/mol. The minimum Gasteiger partial charge on any atom is -0.402 e. The smallest absolute Gasteiger partial charge is 0.402 e. The highest BCUT2D eigenvalue weighted by atomic mass is 127. The normalized spacial score (nSPS) is 41.2. The monoisotopic (exact) mass is 382 g/mol. The summed E-state index contributed by atoms with van der Waals surface area (Å²) in [5.74, 6) is 1.44. The molecular weight excluding hydrogens is 362 g/mol. The van der Waals surface area contributed by atoms with Crippen LogP contribution in [0.5, 0.6) is 0 Å². The second kappa shape index (κ2) is 4.23. The highest BCUT2D eigenvalue weighted by Gasteiger charge is 2.67. The molecule has 0 amide bonds. The fourth-order valence-corrected chi connectivity index (χ4v) is 4.99. The summed E-state index contributed by atoms with van der Waals surface area (Å²) in [7, 11) is -0.183. The lowest BCUT2D eigenvalue weighted by Gasteiger charge is -2.64. The molecule has 0 unspecified atom stereocenters. The standard InChI is InChI=1S/C16H20BIO2/c1-15(2)10-8-13(15)16(3)14(9-10)19-17(20-16)11-4-6-12(18)7-5-11/h4-7,10,13-14H,8-9H2,1-3H3/t10-,13-,14+,16-/m0/s1. The molecule has 1 aromatic carbocycles. The third-order valence-corrected chi connectivity index (χ3v) is 6.81. The van der Waals surface area contributed by atoms with E-state index in [9.17, 15) is 0 Å². The van der Waals surface area contributed by atoms with Crippen LogP contribution in [0.15, 0.2) is 24.3 Å². The summed E-state index contributed by atoms with van der Waals surface area (Å²) in [6.07, 6.45) is 2.73. The SMILES string of the molecule is CC1(C)[C@@H]2C[C@H]3OB(c4ccc(I)cc4)O[C@@]3(C)[C@H]1C2. The third kappa shape index (κ3) is 1.70. The first-order valence-electron chi connectivity index (χ1n) is 7.50. The van der Waals surface area contributed by atoms with Gasteiger partial charge < -0.3 is 9.31 Å². The lowest BCUT2D eigenvalue weighted by atomic mass is 9.43. The molecular formula is C16H20BIO2. The van der Waals surface area contributed by atoms with E-state index in [1.54, 1.807) is 0 Å². The maximum absolute atomic E-state index is 6.44. The van der Waals surface area contributed by atoms with Gasteiger partial charge in [0.2, 0.25) is 0 Å². The summed E-state index contributed by atoms with van der Waals surface area (Å²) >= 11 is 2.33. The molecule has 0 spiro atoms. The molecule has 20 heavy (non-hydrogen) atoms. The second-order valence-corrected chi connectivity index (χ2v) is 8.60. The Kier molecular flexibility index (Phi) is 2.88. The van der Waals surface area contributed by atoms with Gasteiger partial charge in [-0.15, -0.1) is 0 Å². The van der Waals surface area contributed by atoms with Crippen molar-refractivity contribution in [2.45, 2.75) is 45.3 Å². The van der Waals surface area contributed by atoms with Crippen molar-refractivity contribution < 1.29 is 9.31 Å². The first-order valence-corrected chi connectivity index (χ1v) is 8.58. The van der Waals surface area contributed by atoms with Crippen molar-refractivity contribution in [3.8, 4) is 0 Å². The van der Waals surface area contributed by atoms with Gasteiger partial charge >= 0.3 is 7.12 Å². The van der Waals surface area contributed by atoms with Gasteiger partial charge in [0.1, 0.15) is 0 Å². The summed E-state index contributed by atoms with van der Waals surface area (Å²) in [6.45, 7) is 7.07. The topological polar surface area (TPSA) is 18.5 Å². The summed E-state index contributed by atoms with van der Waals surface area (Å²) in [5, 5.41) is 0. The molecule has 4 atom stereocenters. The molecule has 1 saturated heterocycles. The van der Waals surface area contributed by atoms with Crippen molar-refractivity contribution in [3.63, 3.8) is 0 Å². The van der Waals surface area contributed by atoms with Crippen molar-refractivity contribution in [1.29, 1.82) is 0 Å². The lowest BCUT2D eigenvalue weighted by Crippen LogP contribution is -2.65. The van der Waals surface area contributed by atoms with E-state index < -0.39 is 0 Å². The highest BCUT2D eigenvalue weighted by molar-refractivity contribution is 14.1. The van der Waals surface area contributed by atoms with Crippen molar-refractivity contribution >= 4 is 35.2 Å². The van der Waals surface area contributed by atoms with Gasteiger partial charge in [-0.3, -0.25) is 0 Å². The predicted octanol–water partition coefficient (Wildman–Crippen LogP) is 3.23. The van der Waals surface area contributed by atoms with Crippen molar-refractivity contribution in [1.82, 2.24) is 0 Å².